The summed E-state index contributed by atoms with van der Waals surface area (Å²) in [4.78, 5) is 4.45. The number of aliphatic imine (C=N–C) groups is 1. The average molecular weight is 229 g/mol. The highest BCUT2D eigenvalue weighted by Crippen LogP contribution is 2.33. The van der Waals surface area contributed by atoms with Crippen LogP contribution in [0.25, 0.3) is 5.57 Å². The Morgan fingerprint density at radius 2 is 2.06 bits per heavy atom. The van der Waals surface area contributed by atoms with Crippen molar-refractivity contribution in [2.45, 2.75) is 47.0 Å². The van der Waals surface area contributed by atoms with Gasteiger partial charge in [0.1, 0.15) is 0 Å². The molecule has 0 saturated carbocycles. The second kappa shape index (κ2) is 5.81. The molecule has 0 N–H and O–H groups in total. The molecule has 0 aliphatic rings. The molecule has 92 valence electrons. The molecule has 0 aliphatic heterocycles. The van der Waals surface area contributed by atoms with Crippen LogP contribution in [0.1, 0.15) is 56.7 Å². The van der Waals surface area contributed by atoms with Gasteiger partial charge >= 0.3 is 0 Å². The van der Waals surface area contributed by atoms with E-state index < -0.39 is 0 Å². The van der Waals surface area contributed by atoms with Gasteiger partial charge in [-0.2, -0.15) is 0 Å². The molecule has 0 saturated heterocycles. The van der Waals surface area contributed by atoms with Crippen molar-refractivity contribution < 1.29 is 0 Å². The third-order valence-electron chi connectivity index (χ3n) is 3.08. The lowest BCUT2D eigenvalue weighted by atomic mass is 9.92. The van der Waals surface area contributed by atoms with Crippen LogP contribution in [0.2, 0.25) is 0 Å². The normalized spacial score (nSPS) is 11.4. The third kappa shape index (κ3) is 3.06. The van der Waals surface area contributed by atoms with Gasteiger partial charge in [0, 0.05) is 11.8 Å². The standard InChI is InChI=1S/C16H23N/c1-7-12(5)15-10-14(11(3)4)13(6)9-16(15)17-8-2/h8-11H,5,7H2,1-4,6H3. The number of hydrogen-bond donors (Lipinski definition) is 0. The highest BCUT2D eigenvalue weighted by Gasteiger charge is 2.10. The van der Waals surface area contributed by atoms with Crippen molar-refractivity contribution in [2.75, 3.05) is 0 Å². The molecular weight excluding hydrogens is 206 g/mol. The van der Waals surface area contributed by atoms with Gasteiger partial charge in [-0.25, -0.2) is 0 Å². The zero-order chi connectivity index (χ0) is 13.0. The van der Waals surface area contributed by atoms with Gasteiger partial charge in [-0.15, -0.1) is 0 Å². The summed E-state index contributed by atoms with van der Waals surface area (Å²) in [5, 5.41) is 0. The second-order valence-electron chi connectivity index (χ2n) is 4.73. The Morgan fingerprint density at radius 3 is 2.53 bits per heavy atom. The summed E-state index contributed by atoms with van der Waals surface area (Å²) in [6.07, 6.45) is 2.81. The Morgan fingerprint density at radius 1 is 1.41 bits per heavy atom. The van der Waals surface area contributed by atoms with E-state index in [0.29, 0.717) is 5.92 Å². The fraction of sp³-hybridized carbons (Fsp3) is 0.438. The fourth-order valence-electron chi connectivity index (χ4n) is 2.05. The molecule has 0 amide bonds. The van der Waals surface area contributed by atoms with Crippen LogP contribution in [0.3, 0.4) is 0 Å². The quantitative estimate of drug-likeness (QED) is 0.624. The molecule has 1 nitrogen and oxygen atoms in total. The van der Waals surface area contributed by atoms with Crippen molar-refractivity contribution in [1.82, 2.24) is 0 Å². The first-order chi connectivity index (χ1) is 8.01. The maximum absolute atomic E-state index is 4.45. The summed E-state index contributed by atoms with van der Waals surface area (Å²) in [5.74, 6) is 0.540. The van der Waals surface area contributed by atoms with Crippen LogP contribution in [0.5, 0.6) is 0 Å². The van der Waals surface area contributed by atoms with Gasteiger partial charge in [0.05, 0.1) is 5.69 Å². The molecule has 0 unspecified atom stereocenters. The SMILES string of the molecule is C=C(CC)c1cc(C(C)C)c(C)cc1N=CC. The maximum atomic E-state index is 4.45. The molecule has 0 heterocycles. The molecule has 0 aliphatic carbocycles. The first-order valence-corrected chi connectivity index (χ1v) is 6.32. The topological polar surface area (TPSA) is 12.4 Å². The van der Waals surface area contributed by atoms with Gasteiger partial charge < -0.3 is 0 Å². The molecule has 0 aromatic heterocycles. The summed E-state index contributed by atoms with van der Waals surface area (Å²) >= 11 is 0. The van der Waals surface area contributed by atoms with E-state index in [1.54, 1.807) is 0 Å². The maximum Gasteiger partial charge on any atom is 0.0703 e. The van der Waals surface area contributed by atoms with Crippen molar-refractivity contribution >= 4 is 17.5 Å². The highest BCUT2D eigenvalue weighted by molar-refractivity contribution is 5.77. The Balaban J connectivity index is 3.41. The van der Waals surface area contributed by atoms with Crippen LogP contribution in [-0.2, 0) is 0 Å². The Hall–Kier alpha value is -1.37. The molecule has 0 atom stereocenters. The molecule has 17 heavy (non-hydrogen) atoms. The molecule has 1 rings (SSSR count). The van der Waals surface area contributed by atoms with E-state index in [1.165, 1.54) is 16.7 Å². The number of benzene rings is 1. The number of allylic oxidation sites excluding steroid dienone is 1. The second-order valence-corrected chi connectivity index (χ2v) is 4.73. The van der Waals surface area contributed by atoms with Gasteiger partial charge in [0.2, 0.25) is 0 Å². The monoisotopic (exact) mass is 229 g/mol. The first-order valence-electron chi connectivity index (χ1n) is 6.32. The van der Waals surface area contributed by atoms with Crippen molar-refractivity contribution in [3.8, 4) is 0 Å². The molecule has 1 aromatic carbocycles. The number of rotatable bonds is 4. The van der Waals surface area contributed by atoms with Crippen molar-refractivity contribution in [3.63, 3.8) is 0 Å². The van der Waals surface area contributed by atoms with E-state index in [9.17, 15) is 0 Å². The van der Waals surface area contributed by atoms with E-state index >= 15 is 0 Å². The van der Waals surface area contributed by atoms with Gasteiger partial charge in [-0.3, -0.25) is 4.99 Å². The van der Waals surface area contributed by atoms with Gasteiger partial charge in [-0.05, 0) is 55.0 Å². The molecule has 1 heteroatoms. The first kappa shape index (κ1) is 13.7. The molecule has 0 fully saturated rings. The molecule has 1 aromatic rings. The summed E-state index contributed by atoms with van der Waals surface area (Å²) in [6, 6.07) is 4.43. The zero-order valence-electron chi connectivity index (χ0n) is 11.7. The Bertz CT molecular complexity index is 439. The Kier molecular flexibility index (Phi) is 4.68. The van der Waals surface area contributed by atoms with E-state index in [2.05, 4.69) is 51.4 Å². The lowest BCUT2D eigenvalue weighted by molar-refractivity contribution is 0.855. The number of nitrogens with zero attached hydrogens (tertiary/aromatic N) is 1. The van der Waals surface area contributed by atoms with Crippen molar-refractivity contribution in [2.24, 2.45) is 4.99 Å². The van der Waals surface area contributed by atoms with Crippen LogP contribution < -0.4 is 0 Å². The molecular formula is C16H23N. The molecule has 0 bridgehead atoms. The van der Waals surface area contributed by atoms with E-state index in [1.807, 2.05) is 13.1 Å². The minimum Gasteiger partial charge on any atom is -0.261 e. The van der Waals surface area contributed by atoms with Crippen LogP contribution in [0, 0.1) is 6.92 Å². The van der Waals surface area contributed by atoms with E-state index in [4.69, 9.17) is 0 Å². The van der Waals surface area contributed by atoms with E-state index in [-0.39, 0.29) is 0 Å². The minimum absolute atomic E-state index is 0.540. The van der Waals surface area contributed by atoms with Crippen LogP contribution in [0.4, 0.5) is 5.69 Å². The van der Waals surface area contributed by atoms with E-state index in [0.717, 1.165) is 17.7 Å². The molecule has 0 radical (unpaired) electrons. The number of hydrogen-bond acceptors (Lipinski definition) is 1. The highest BCUT2D eigenvalue weighted by atomic mass is 14.7. The number of aryl methyl sites for hydroxylation is 1. The van der Waals surface area contributed by atoms with Gasteiger partial charge in [0.15, 0.2) is 0 Å². The predicted octanol–water partition coefficient (Wildman–Crippen LogP) is 5.26. The summed E-state index contributed by atoms with van der Waals surface area (Å²) in [5.41, 5.74) is 6.10. The fourth-order valence-corrected chi connectivity index (χ4v) is 2.05. The summed E-state index contributed by atoms with van der Waals surface area (Å²) in [6.45, 7) is 14.8. The zero-order valence-corrected chi connectivity index (χ0v) is 11.7. The average Bonchev–Trinajstić information content (AvgIpc) is 2.28. The van der Waals surface area contributed by atoms with Crippen LogP contribution in [-0.4, -0.2) is 6.21 Å². The van der Waals surface area contributed by atoms with Crippen LogP contribution >= 0.6 is 0 Å². The van der Waals surface area contributed by atoms with Crippen LogP contribution in [0.15, 0.2) is 23.7 Å². The summed E-state index contributed by atoms with van der Waals surface area (Å²) in [7, 11) is 0. The van der Waals surface area contributed by atoms with Crippen molar-refractivity contribution in [3.05, 3.63) is 35.4 Å². The molecule has 0 spiro atoms. The van der Waals surface area contributed by atoms with Gasteiger partial charge in [-0.1, -0.05) is 27.4 Å². The predicted molar refractivity (Wildman–Crippen MR) is 78.4 cm³/mol. The Labute approximate surface area is 105 Å². The summed E-state index contributed by atoms with van der Waals surface area (Å²) < 4.78 is 0. The largest absolute Gasteiger partial charge is 0.261 e. The van der Waals surface area contributed by atoms with Crippen molar-refractivity contribution in [1.29, 1.82) is 0 Å². The third-order valence-corrected chi connectivity index (χ3v) is 3.08. The lowest BCUT2D eigenvalue weighted by Crippen LogP contribution is -1.95. The minimum atomic E-state index is 0.540. The van der Waals surface area contributed by atoms with Gasteiger partial charge in [0.25, 0.3) is 0 Å². The smallest absolute Gasteiger partial charge is 0.0703 e. The lowest BCUT2D eigenvalue weighted by Gasteiger charge is -2.15.